The van der Waals surface area contributed by atoms with Crippen LogP contribution in [0.2, 0.25) is 0 Å². The molecule has 0 aliphatic rings. The SMILES string of the molecule is COc1ccc(/C=C/C(=O)NCc2nnc(SCC(=O)c3ccc(Br)cc3)n2C)cc1OC. The van der Waals surface area contributed by atoms with Crippen LogP contribution in [0.1, 0.15) is 21.7 Å². The Labute approximate surface area is 204 Å². The van der Waals surface area contributed by atoms with Crippen LogP contribution in [-0.4, -0.2) is 46.4 Å². The van der Waals surface area contributed by atoms with E-state index in [0.717, 1.165) is 10.0 Å². The van der Waals surface area contributed by atoms with Crippen LogP contribution in [0.15, 0.2) is 58.2 Å². The fourth-order valence-corrected chi connectivity index (χ4v) is 3.92. The highest BCUT2D eigenvalue weighted by Gasteiger charge is 2.13. The summed E-state index contributed by atoms with van der Waals surface area (Å²) in [6.07, 6.45) is 3.12. The average molecular weight is 531 g/mol. The number of amides is 1. The van der Waals surface area contributed by atoms with Crippen LogP contribution in [0.5, 0.6) is 11.5 Å². The first-order chi connectivity index (χ1) is 15.9. The number of Topliss-reactive ketones (excluding diaryl/α,β-unsaturated/α-hetero) is 1. The van der Waals surface area contributed by atoms with Gasteiger partial charge in [-0.25, -0.2) is 0 Å². The first-order valence-corrected chi connectivity index (χ1v) is 11.7. The Morgan fingerprint density at radius 1 is 1.09 bits per heavy atom. The number of ether oxygens (including phenoxy) is 2. The van der Waals surface area contributed by atoms with E-state index in [2.05, 4.69) is 31.4 Å². The number of nitrogens with one attached hydrogen (secondary N) is 1. The Kier molecular flexibility index (Phi) is 8.67. The quantitative estimate of drug-likeness (QED) is 0.241. The van der Waals surface area contributed by atoms with Gasteiger partial charge in [0.25, 0.3) is 0 Å². The van der Waals surface area contributed by atoms with Crippen LogP contribution in [0.25, 0.3) is 6.08 Å². The molecule has 8 nitrogen and oxygen atoms in total. The summed E-state index contributed by atoms with van der Waals surface area (Å²) >= 11 is 4.66. The zero-order valence-corrected chi connectivity index (χ0v) is 20.8. The van der Waals surface area contributed by atoms with Gasteiger partial charge in [0, 0.05) is 23.2 Å². The molecule has 10 heteroatoms. The minimum Gasteiger partial charge on any atom is -0.493 e. The molecule has 1 aromatic heterocycles. The van der Waals surface area contributed by atoms with Gasteiger partial charge >= 0.3 is 0 Å². The maximum Gasteiger partial charge on any atom is 0.244 e. The molecule has 0 spiro atoms. The Hall–Kier alpha value is -3.11. The van der Waals surface area contributed by atoms with Crippen LogP contribution in [0.4, 0.5) is 0 Å². The van der Waals surface area contributed by atoms with Gasteiger partial charge in [0.1, 0.15) is 0 Å². The second kappa shape index (κ2) is 11.7. The molecule has 1 amide bonds. The number of rotatable bonds is 10. The molecule has 0 radical (unpaired) electrons. The minimum atomic E-state index is -0.271. The van der Waals surface area contributed by atoms with E-state index in [9.17, 15) is 9.59 Å². The first-order valence-electron chi connectivity index (χ1n) is 9.89. The van der Waals surface area contributed by atoms with Gasteiger partial charge in [0.05, 0.1) is 26.5 Å². The summed E-state index contributed by atoms with van der Waals surface area (Å²) in [5, 5.41) is 11.6. The summed E-state index contributed by atoms with van der Waals surface area (Å²) in [6.45, 7) is 0.208. The van der Waals surface area contributed by atoms with Crippen LogP contribution in [-0.2, 0) is 18.4 Å². The summed E-state index contributed by atoms with van der Waals surface area (Å²) in [7, 11) is 4.92. The summed E-state index contributed by atoms with van der Waals surface area (Å²) in [4.78, 5) is 24.6. The van der Waals surface area contributed by atoms with Crippen molar-refractivity contribution in [3.63, 3.8) is 0 Å². The maximum absolute atomic E-state index is 12.4. The van der Waals surface area contributed by atoms with Gasteiger partial charge in [-0.3, -0.25) is 9.59 Å². The molecule has 2 aromatic carbocycles. The van der Waals surface area contributed by atoms with Crippen molar-refractivity contribution in [2.24, 2.45) is 7.05 Å². The van der Waals surface area contributed by atoms with E-state index in [1.165, 1.54) is 17.8 Å². The Morgan fingerprint density at radius 3 is 2.52 bits per heavy atom. The second-order valence-corrected chi connectivity index (χ2v) is 8.70. The summed E-state index contributed by atoms with van der Waals surface area (Å²) in [5.41, 5.74) is 1.44. The van der Waals surface area contributed by atoms with Crippen molar-refractivity contribution in [1.82, 2.24) is 20.1 Å². The molecule has 33 heavy (non-hydrogen) atoms. The molecule has 0 unspecified atom stereocenters. The van der Waals surface area contributed by atoms with Crippen molar-refractivity contribution in [3.8, 4) is 11.5 Å². The number of ketones is 1. The highest BCUT2D eigenvalue weighted by molar-refractivity contribution is 9.10. The molecule has 3 rings (SSSR count). The van der Waals surface area contributed by atoms with E-state index in [-0.39, 0.29) is 24.0 Å². The number of carbonyl (C=O) groups excluding carboxylic acids is 2. The Balaban J connectivity index is 1.52. The number of carbonyl (C=O) groups is 2. The number of thioether (sulfide) groups is 1. The van der Waals surface area contributed by atoms with Crippen molar-refractivity contribution in [2.75, 3.05) is 20.0 Å². The molecule has 0 fully saturated rings. The third-order valence-electron chi connectivity index (χ3n) is 4.68. The summed E-state index contributed by atoms with van der Waals surface area (Å²) < 4.78 is 13.2. The van der Waals surface area contributed by atoms with Crippen LogP contribution < -0.4 is 14.8 Å². The molecule has 0 saturated carbocycles. The number of hydrogen-bond acceptors (Lipinski definition) is 7. The maximum atomic E-state index is 12.4. The normalized spacial score (nSPS) is 10.9. The lowest BCUT2D eigenvalue weighted by Crippen LogP contribution is -2.22. The molecule has 0 aliphatic heterocycles. The molecule has 172 valence electrons. The van der Waals surface area contributed by atoms with Gasteiger partial charge in [0.2, 0.25) is 5.91 Å². The van der Waals surface area contributed by atoms with E-state index in [1.54, 1.807) is 56.2 Å². The number of nitrogens with zero attached hydrogens (tertiary/aromatic N) is 3. The molecule has 0 bridgehead atoms. The third kappa shape index (κ3) is 6.69. The lowest BCUT2D eigenvalue weighted by molar-refractivity contribution is -0.116. The zero-order valence-electron chi connectivity index (χ0n) is 18.4. The number of aromatic nitrogens is 3. The second-order valence-electron chi connectivity index (χ2n) is 6.84. The first kappa shape index (κ1) is 24.5. The molecule has 0 aliphatic carbocycles. The van der Waals surface area contributed by atoms with Crippen LogP contribution >= 0.6 is 27.7 Å². The topological polar surface area (TPSA) is 95.3 Å². The van der Waals surface area contributed by atoms with Crippen molar-refractivity contribution >= 4 is 45.5 Å². The third-order valence-corrected chi connectivity index (χ3v) is 6.23. The van der Waals surface area contributed by atoms with Crippen molar-refractivity contribution in [1.29, 1.82) is 0 Å². The largest absolute Gasteiger partial charge is 0.493 e. The number of halogens is 1. The summed E-state index contributed by atoms with van der Waals surface area (Å²) in [5.74, 6) is 1.77. The van der Waals surface area contributed by atoms with E-state index in [1.807, 2.05) is 18.2 Å². The highest BCUT2D eigenvalue weighted by Crippen LogP contribution is 2.28. The Bertz CT molecular complexity index is 1160. The van der Waals surface area contributed by atoms with E-state index in [4.69, 9.17) is 9.47 Å². The fourth-order valence-electron chi connectivity index (χ4n) is 2.83. The number of methoxy groups -OCH3 is 2. The summed E-state index contributed by atoms with van der Waals surface area (Å²) in [6, 6.07) is 12.6. The highest BCUT2D eigenvalue weighted by atomic mass is 79.9. The van der Waals surface area contributed by atoms with Gasteiger partial charge in [0.15, 0.2) is 28.3 Å². The molecule has 0 atom stereocenters. The zero-order chi connectivity index (χ0) is 23.8. The predicted octanol–water partition coefficient (Wildman–Crippen LogP) is 3.90. The lowest BCUT2D eigenvalue weighted by atomic mass is 10.2. The lowest BCUT2D eigenvalue weighted by Gasteiger charge is -2.07. The Morgan fingerprint density at radius 2 is 1.82 bits per heavy atom. The molecular formula is C23H23BrN4O4S. The van der Waals surface area contributed by atoms with Gasteiger partial charge in [-0.15, -0.1) is 10.2 Å². The fraction of sp³-hybridized carbons (Fsp3) is 0.217. The number of benzene rings is 2. The van der Waals surface area contributed by atoms with Crippen molar-refractivity contribution < 1.29 is 19.1 Å². The standard InChI is InChI=1S/C23H23BrN4O4S/c1-28-21(26-27-23(28)33-14-18(29)16-6-8-17(24)9-7-16)13-25-22(30)11-5-15-4-10-19(31-2)20(12-15)32-3/h4-12H,13-14H2,1-3H3,(H,25,30)/b11-5+. The smallest absolute Gasteiger partial charge is 0.244 e. The van der Waals surface area contributed by atoms with Crippen LogP contribution in [0, 0.1) is 0 Å². The van der Waals surface area contributed by atoms with E-state index in [0.29, 0.717) is 28.0 Å². The monoisotopic (exact) mass is 530 g/mol. The van der Waals surface area contributed by atoms with Gasteiger partial charge in [-0.1, -0.05) is 45.9 Å². The number of hydrogen-bond donors (Lipinski definition) is 1. The molecule has 1 heterocycles. The van der Waals surface area contributed by atoms with Crippen molar-refractivity contribution in [2.45, 2.75) is 11.7 Å². The average Bonchev–Trinajstić information content (AvgIpc) is 3.19. The molecule has 1 N–H and O–H groups in total. The predicted molar refractivity (Wildman–Crippen MR) is 131 cm³/mol. The molecular weight excluding hydrogens is 508 g/mol. The van der Waals surface area contributed by atoms with E-state index >= 15 is 0 Å². The van der Waals surface area contributed by atoms with Gasteiger partial charge in [-0.05, 0) is 35.9 Å². The molecule has 3 aromatic rings. The van der Waals surface area contributed by atoms with Gasteiger partial charge < -0.3 is 19.4 Å². The van der Waals surface area contributed by atoms with Crippen molar-refractivity contribution in [3.05, 3.63) is 70.0 Å². The van der Waals surface area contributed by atoms with Gasteiger partial charge in [-0.2, -0.15) is 0 Å². The van der Waals surface area contributed by atoms with Crippen LogP contribution in [0.3, 0.4) is 0 Å². The van der Waals surface area contributed by atoms with E-state index < -0.39 is 0 Å². The molecule has 0 saturated heterocycles. The minimum absolute atomic E-state index is 0.00523.